The second kappa shape index (κ2) is 12.9. The largest absolute Gasteiger partial charge is 0.472 e. The van der Waals surface area contributed by atoms with Gasteiger partial charge in [-0.1, -0.05) is 40.3 Å². The van der Waals surface area contributed by atoms with E-state index >= 15 is 0 Å². The number of esters is 4. The molecular weight excluding hydrogens is 640 g/mol. The minimum absolute atomic E-state index is 0.232. The zero-order valence-corrected chi connectivity index (χ0v) is 28.8. The lowest BCUT2D eigenvalue weighted by atomic mass is 9.48. The number of carbonyl (C=O) groups is 6. The summed E-state index contributed by atoms with van der Waals surface area (Å²) in [7, 11) is 1.21. The highest BCUT2D eigenvalue weighted by atomic mass is 16.6. The minimum atomic E-state index is -1.61. The Hall–Kier alpha value is -4.26. The van der Waals surface area contributed by atoms with Crippen LogP contribution in [0.25, 0.3) is 0 Å². The highest BCUT2D eigenvalue weighted by Gasteiger charge is 2.84. The van der Waals surface area contributed by atoms with E-state index < -0.39 is 94.4 Å². The van der Waals surface area contributed by atoms with Crippen molar-refractivity contribution in [3.8, 4) is 0 Å². The van der Waals surface area contributed by atoms with Crippen molar-refractivity contribution >= 4 is 36.1 Å². The molecule has 1 aromatic rings. The van der Waals surface area contributed by atoms with Gasteiger partial charge >= 0.3 is 23.9 Å². The SMILES string of the molecule is C=C1[C@@H]([C@@]2(C)C=CC(=O)O[C@](C)(COC(C)=O)[C@@H]2CC(=O)OC)[C@@H](OC=O)[C@H](OC(=O)C(=O)[C@H](C)CC)[C@@]2(C)[C@H](c3ccoc3)C[C@H]3O[C@]132. The van der Waals surface area contributed by atoms with E-state index in [-0.39, 0.29) is 18.8 Å². The average molecular weight is 685 g/mol. The number of rotatable bonds is 12. The fourth-order valence-electron chi connectivity index (χ4n) is 8.97. The van der Waals surface area contributed by atoms with E-state index in [1.165, 1.54) is 26.4 Å². The molecule has 49 heavy (non-hydrogen) atoms. The number of furan rings is 1. The molecule has 5 rings (SSSR count). The molecule has 0 N–H and O–H groups in total. The Labute approximate surface area is 284 Å². The van der Waals surface area contributed by atoms with Crippen molar-refractivity contribution in [2.24, 2.45) is 28.6 Å². The van der Waals surface area contributed by atoms with Crippen LogP contribution in [0.5, 0.6) is 0 Å². The fraction of sp³-hybridized carbons (Fsp3) is 0.611. The van der Waals surface area contributed by atoms with Gasteiger partial charge < -0.3 is 32.8 Å². The van der Waals surface area contributed by atoms with E-state index in [4.69, 9.17) is 32.8 Å². The van der Waals surface area contributed by atoms with Crippen LogP contribution in [0, 0.1) is 28.6 Å². The Kier molecular flexibility index (Phi) is 9.48. The first-order valence-corrected chi connectivity index (χ1v) is 16.4. The second-order valence-corrected chi connectivity index (χ2v) is 14.2. The van der Waals surface area contributed by atoms with Crippen LogP contribution < -0.4 is 0 Å². The summed E-state index contributed by atoms with van der Waals surface area (Å²) in [4.78, 5) is 77.5. The van der Waals surface area contributed by atoms with Crippen LogP contribution in [-0.2, 0) is 57.2 Å². The molecule has 3 heterocycles. The molecule has 13 heteroatoms. The third-order valence-corrected chi connectivity index (χ3v) is 11.7. The maximum Gasteiger partial charge on any atom is 0.375 e. The summed E-state index contributed by atoms with van der Waals surface area (Å²) in [6.45, 7) is 14.1. The summed E-state index contributed by atoms with van der Waals surface area (Å²) in [6.07, 6.45) is 3.39. The molecule has 0 bridgehead atoms. The van der Waals surface area contributed by atoms with Crippen LogP contribution in [0.2, 0.25) is 0 Å². The highest BCUT2D eigenvalue weighted by molar-refractivity contribution is 6.34. The van der Waals surface area contributed by atoms with Crippen LogP contribution in [0.3, 0.4) is 0 Å². The van der Waals surface area contributed by atoms with Gasteiger partial charge in [0.25, 0.3) is 6.47 Å². The van der Waals surface area contributed by atoms with Gasteiger partial charge in [0.2, 0.25) is 5.78 Å². The third kappa shape index (κ3) is 5.59. The van der Waals surface area contributed by atoms with Gasteiger partial charge in [0.15, 0.2) is 0 Å². The van der Waals surface area contributed by atoms with E-state index in [1.54, 1.807) is 46.1 Å². The van der Waals surface area contributed by atoms with E-state index in [1.807, 2.05) is 6.92 Å². The van der Waals surface area contributed by atoms with Gasteiger partial charge in [0.1, 0.15) is 30.0 Å². The number of methoxy groups -OCH3 is 1. The number of hydrogen-bond donors (Lipinski definition) is 0. The number of allylic oxidation sites excluding steroid dienone is 1. The number of Topliss-reactive ketones (excluding diaryl/α,β-unsaturated/α-hetero) is 1. The molecule has 1 spiro atoms. The van der Waals surface area contributed by atoms with E-state index in [0.717, 1.165) is 5.56 Å². The number of ketones is 1. The topological polar surface area (TPSA) is 174 Å². The first-order chi connectivity index (χ1) is 23.0. The second-order valence-electron chi connectivity index (χ2n) is 14.2. The monoisotopic (exact) mass is 684 g/mol. The van der Waals surface area contributed by atoms with E-state index in [9.17, 15) is 28.8 Å². The molecule has 11 atom stereocenters. The standard InChI is InChI=1S/C36H44O13/c1-9-19(2)29(41)32(42)47-31-30(46-18-37)28(20(3)36-25(48-36)14-23(35(31,36)7)22-11-13-44-16-22)33(5)12-10-26(39)49-34(6,17-45-21(4)38)24(33)15-27(40)43-8/h10-13,16,18-19,23-25,28,30-31H,3,9,14-15,17H2,1-2,4-8H3/t19-,23+,24-,25-,28-,30-,31+,33+,34-,35-,36-/m1/s1. The number of ether oxygens (including phenoxy) is 6. The van der Waals surface area contributed by atoms with Crippen molar-refractivity contribution in [2.75, 3.05) is 13.7 Å². The predicted octanol–water partition coefficient (Wildman–Crippen LogP) is 3.79. The van der Waals surface area contributed by atoms with Crippen LogP contribution >= 0.6 is 0 Å². The number of carbonyl (C=O) groups excluding carboxylic acids is 6. The van der Waals surface area contributed by atoms with Gasteiger partial charge in [0.05, 0.1) is 37.6 Å². The minimum Gasteiger partial charge on any atom is -0.472 e. The Bertz CT molecular complexity index is 1560. The van der Waals surface area contributed by atoms with Gasteiger partial charge in [-0.3, -0.25) is 19.2 Å². The molecule has 1 saturated heterocycles. The summed E-state index contributed by atoms with van der Waals surface area (Å²) in [6, 6.07) is 1.80. The molecule has 13 nitrogen and oxygen atoms in total. The summed E-state index contributed by atoms with van der Waals surface area (Å²) in [5, 5.41) is 0. The van der Waals surface area contributed by atoms with Crippen molar-refractivity contribution in [3.05, 3.63) is 48.5 Å². The van der Waals surface area contributed by atoms with E-state index in [2.05, 4.69) is 6.58 Å². The summed E-state index contributed by atoms with van der Waals surface area (Å²) in [5.74, 6) is -6.88. The van der Waals surface area contributed by atoms with Gasteiger partial charge in [-0.25, -0.2) is 9.59 Å². The molecule has 0 radical (unpaired) electrons. The summed E-state index contributed by atoms with van der Waals surface area (Å²) < 4.78 is 40.4. The molecule has 2 aliphatic carbocycles. The zero-order chi connectivity index (χ0) is 36.1. The highest BCUT2D eigenvalue weighted by Crippen LogP contribution is 2.76. The first kappa shape index (κ1) is 36.0. The lowest BCUT2D eigenvalue weighted by molar-refractivity contribution is -0.209. The molecule has 4 aliphatic rings. The van der Waals surface area contributed by atoms with Crippen molar-refractivity contribution < 1.29 is 61.6 Å². The molecule has 1 aromatic heterocycles. The summed E-state index contributed by atoms with van der Waals surface area (Å²) in [5.41, 5.74) is -4.00. The van der Waals surface area contributed by atoms with Gasteiger partial charge in [0, 0.05) is 42.1 Å². The lowest BCUT2D eigenvalue weighted by Gasteiger charge is -2.58. The molecule has 266 valence electrons. The van der Waals surface area contributed by atoms with Gasteiger partial charge in [-0.05, 0) is 37.0 Å². The predicted molar refractivity (Wildman–Crippen MR) is 168 cm³/mol. The van der Waals surface area contributed by atoms with Crippen molar-refractivity contribution in [1.29, 1.82) is 0 Å². The fourth-order valence-corrected chi connectivity index (χ4v) is 8.97. The average Bonchev–Trinajstić information content (AvgIpc) is 3.44. The smallest absolute Gasteiger partial charge is 0.375 e. The number of epoxide rings is 1. The maximum absolute atomic E-state index is 13.7. The quantitative estimate of drug-likeness (QED) is 0.0778. The molecule has 0 aromatic carbocycles. The Morgan fingerprint density at radius 2 is 1.90 bits per heavy atom. The van der Waals surface area contributed by atoms with Crippen LogP contribution in [-0.4, -0.2) is 79.4 Å². The Balaban J connectivity index is 1.74. The number of cyclic esters (lactones) is 1. The molecule has 0 unspecified atom stereocenters. The lowest BCUT2D eigenvalue weighted by Crippen LogP contribution is -2.66. The third-order valence-electron chi connectivity index (χ3n) is 11.7. The maximum atomic E-state index is 13.7. The van der Waals surface area contributed by atoms with Gasteiger partial charge in [-0.2, -0.15) is 0 Å². The molecule has 2 saturated carbocycles. The molecule has 2 aliphatic heterocycles. The Morgan fingerprint density at radius 1 is 1.18 bits per heavy atom. The molecule has 3 fully saturated rings. The first-order valence-electron chi connectivity index (χ1n) is 16.4. The Morgan fingerprint density at radius 3 is 2.49 bits per heavy atom. The van der Waals surface area contributed by atoms with Crippen LogP contribution in [0.1, 0.15) is 72.3 Å². The van der Waals surface area contributed by atoms with E-state index in [0.29, 0.717) is 18.4 Å². The van der Waals surface area contributed by atoms with Crippen molar-refractivity contribution in [1.82, 2.24) is 0 Å². The molecular formula is C36H44O13. The van der Waals surface area contributed by atoms with Gasteiger partial charge in [-0.15, -0.1) is 0 Å². The zero-order valence-electron chi connectivity index (χ0n) is 28.8. The van der Waals surface area contributed by atoms with Crippen LogP contribution in [0.4, 0.5) is 0 Å². The summed E-state index contributed by atoms with van der Waals surface area (Å²) >= 11 is 0. The molecule has 0 amide bonds. The van der Waals surface area contributed by atoms with Crippen molar-refractivity contribution in [3.63, 3.8) is 0 Å². The van der Waals surface area contributed by atoms with Crippen molar-refractivity contribution in [2.45, 2.75) is 96.2 Å². The van der Waals surface area contributed by atoms with Crippen LogP contribution in [0.15, 0.2) is 47.3 Å². The normalized spacial score (nSPS) is 38.2. The number of hydrogen-bond acceptors (Lipinski definition) is 13.